The third-order valence-electron chi connectivity index (χ3n) is 0.118. The van der Waals surface area contributed by atoms with Gasteiger partial charge in [-0.25, -0.2) is 4.79 Å². The maximum Gasteiger partial charge on any atom is 0.119 e. The van der Waals surface area contributed by atoms with Gasteiger partial charge in [0.05, 0.1) is 0 Å². The Morgan fingerprint density at radius 1 is 1.80 bits per heavy atom. The molecule has 5 heavy (non-hydrogen) atoms. The van der Waals surface area contributed by atoms with Crippen LogP contribution in [0.2, 0.25) is 0 Å². The van der Waals surface area contributed by atoms with E-state index in [1.807, 2.05) is 0 Å². The van der Waals surface area contributed by atoms with Crippen molar-refractivity contribution in [2.24, 2.45) is 0 Å². The molecular weight excluding hydrogens is 141 g/mol. The summed E-state index contributed by atoms with van der Waals surface area (Å²) >= 11 is 0. The minimum absolute atomic E-state index is 0. The molecule has 1 nitrogen and oxygen atoms in total. The molecule has 0 aliphatic heterocycles. The largest absolute Gasteiger partial charge is 0.234 e. The maximum absolute atomic E-state index is 8.99. The second-order valence-corrected chi connectivity index (χ2v) is 0.407. The molecule has 0 heterocycles. The van der Waals surface area contributed by atoms with Gasteiger partial charge in [-0.15, -0.1) is 0 Å². The third kappa shape index (κ3) is 12.3. The fourth-order valence-electron chi connectivity index (χ4n) is 0. The molecule has 0 bridgehead atoms. The first-order valence-electron chi connectivity index (χ1n) is 1.07. The summed E-state index contributed by atoms with van der Waals surface area (Å²) in [5.74, 6) is 1.56. The number of rotatable bonds is 0. The molecule has 0 fully saturated rings. The van der Waals surface area contributed by atoms with Crippen LogP contribution in [0.1, 0.15) is 6.92 Å². The number of allylic oxidation sites excluding steroid dienone is 1. The molecule has 2 heteroatoms. The minimum Gasteiger partial charge on any atom is -0.234 e. The Bertz CT molecular complexity index is 44.9. The molecule has 0 rings (SSSR count). The Balaban J connectivity index is 0. The molecule has 0 aromatic heterocycles. The predicted molar refractivity (Wildman–Crippen MR) is 15.9 cm³/mol. The summed E-state index contributed by atoms with van der Waals surface area (Å²) in [6, 6.07) is 0. The van der Waals surface area contributed by atoms with E-state index in [1.54, 1.807) is 12.9 Å². The van der Waals surface area contributed by atoms with E-state index in [1.165, 1.54) is 6.08 Å². The van der Waals surface area contributed by atoms with E-state index in [-0.39, 0.29) is 32.7 Å². The summed E-state index contributed by atoms with van der Waals surface area (Å²) in [5, 5.41) is 0. The summed E-state index contributed by atoms with van der Waals surface area (Å²) in [5.41, 5.74) is 0. The zero-order valence-corrected chi connectivity index (χ0v) is 5.90. The van der Waals surface area contributed by atoms with Crippen LogP contribution in [-0.4, -0.2) is 5.94 Å². The van der Waals surface area contributed by atoms with Crippen LogP contribution in [0.3, 0.4) is 0 Å². The Kier molecular flexibility index (Phi) is 16.1. The Hall–Kier alpha value is 0.554. The van der Waals surface area contributed by atoms with Crippen molar-refractivity contribution in [1.29, 1.82) is 0 Å². The van der Waals surface area contributed by atoms with Gasteiger partial charge in [0.1, 0.15) is 5.94 Å². The molecule has 0 atom stereocenters. The molecule has 25 valence electrons. The molecule has 1 radical (unpaired) electrons. The fourth-order valence-corrected chi connectivity index (χ4v) is 0. The predicted octanol–water partition coefficient (Wildman–Crippen LogP) is 0.392. The van der Waals surface area contributed by atoms with Crippen LogP contribution >= 0.6 is 0 Å². The first-order valence-corrected chi connectivity index (χ1v) is 1.07. The number of hydrogen-bond acceptors (Lipinski definition) is 1. The van der Waals surface area contributed by atoms with Crippen LogP contribution in [0.15, 0.2) is 6.08 Å². The van der Waals surface area contributed by atoms with Crippen molar-refractivity contribution in [2.45, 2.75) is 6.92 Å². The average Bonchev–Trinajstić information content (AvgIpc) is 1.37. The topological polar surface area (TPSA) is 17.1 Å². The summed E-state index contributed by atoms with van der Waals surface area (Å²) in [4.78, 5) is 8.99. The van der Waals surface area contributed by atoms with Crippen LogP contribution in [0.25, 0.3) is 0 Å². The van der Waals surface area contributed by atoms with Gasteiger partial charge in [0, 0.05) is 32.7 Å². The van der Waals surface area contributed by atoms with Crippen LogP contribution < -0.4 is 0 Å². The van der Waals surface area contributed by atoms with Gasteiger partial charge in [0.2, 0.25) is 0 Å². The number of carbonyl (C=O) groups excluding carboxylic acids is 1. The van der Waals surface area contributed by atoms with E-state index in [9.17, 15) is 0 Å². The van der Waals surface area contributed by atoms with Crippen molar-refractivity contribution in [3.05, 3.63) is 6.08 Å². The summed E-state index contributed by atoms with van der Waals surface area (Å²) in [7, 11) is 0. The normalized spacial score (nSPS) is 3.40. The molecule has 0 unspecified atom stereocenters. The van der Waals surface area contributed by atoms with Gasteiger partial charge < -0.3 is 0 Å². The molecule has 0 saturated carbocycles. The molecule has 0 aromatic carbocycles. The van der Waals surface area contributed by atoms with Crippen molar-refractivity contribution < 1.29 is 37.5 Å². The second kappa shape index (κ2) is 8.82. The third-order valence-corrected chi connectivity index (χ3v) is 0.118. The molecule has 0 aromatic rings. The van der Waals surface area contributed by atoms with Crippen molar-refractivity contribution >= 4 is 5.94 Å². The molecule has 0 N–H and O–H groups in total. The zero-order chi connectivity index (χ0) is 3.41. The molecule has 0 aliphatic carbocycles. The molecule has 0 spiro atoms. The fraction of sp³-hybridized carbons (Fsp3) is 0.333. The Morgan fingerprint density at radius 2 is 2.00 bits per heavy atom. The van der Waals surface area contributed by atoms with Crippen molar-refractivity contribution in [3.63, 3.8) is 0 Å². The summed E-state index contributed by atoms with van der Waals surface area (Å²) < 4.78 is 0. The molecule has 0 amide bonds. The van der Waals surface area contributed by atoms with Gasteiger partial charge in [-0.2, -0.15) is 0 Å². The van der Waals surface area contributed by atoms with Gasteiger partial charge in [-0.3, -0.25) is 0 Å². The smallest absolute Gasteiger partial charge is 0.119 e. The van der Waals surface area contributed by atoms with Crippen molar-refractivity contribution in [2.75, 3.05) is 0 Å². The van der Waals surface area contributed by atoms with Gasteiger partial charge in [-0.1, -0.05) is 0 Å². The Morgan fingerprint density at radius 3 is 2.00 bits per heavy atom. The first kappa shape index (κ1) is 9.12. The second-order valence-electron chi connectivity index (χ2n) is 0.407. The van der Waals surface area contributed by atoms with Crippen LogP contribution in [0.5, 0.6) is 0 Å². The Labute approximate surface area is 56.3 Å². The minimum atomic E-state index is 0. The summed E-state index contributed by atoms with van der Waals surface area (Å²) in [6.07, 6.45) is 1.32. The molecule has 0 saturated heterocycles. The van der Waals surface area contributed by atoms with E-state index in [4.69, 9.17) is 4.79 Å². The van der Waals surface area contributed by atoms with Gasteiger partial charge in [0.25, 0.3) is 0 Å². The first-order chi connectivity index (χ1) is 1.91. The van der Waals surface area contributed by atoms with E-state index in [0.29, 0.717) is 0 Å². The van der Waals surface area contributed by atoms with Crippen molar-refractivity contribution in [3.8, 4) is 0 Å². The van der Waals surface area contributed by atoms with E-state index >= 15 is 0 Å². The monoisotopic (exact) mass is 145 g/mol. The zero-order valence-electron chi connectivity index (χ0n) is 3.06. The van der Waals surface area contributed by atoms with Crippen LogP contribution in [-0.2, 0) is 37.5 Å². The average molecular weight is 145 g/mol. The SMILES string of the molecule is CC=C=O.[Y]. The van der Waals surface area contributed by atoms with Crippen molar-refractivity contribution in [1.82, 2.24) is 0 Å². The number of hydrogen-bond donors (Lipinski definition) is 0. The quantitative estimate of drug-likeness (QED) is 0.450. The van der Waals surface area contributed by atoms with E-state index in [2.05, 4.69) is 0 Å². The molecule has 0 aliphatic rings. The molecular formula is C3H4OY. The standard InChI is InChI=1S/C3H4O.Y/c1-2-3-4;/h2H,1H3;. The maximum atomic E-state index is 8.99. The van der Waals surface area contributed by atoms with Crippen LogP contribution in [0.4, 0.5) is 0 Å². The van der Waals surface area contributed by atoms with Gasteiger partial charge in [0.15, 0.2) is 0 Å². The van der Waals surface area contributed by atoms with Gasteiger partial charge >= 0.3 is 0 Å². The summed E-state index contributed by atoms with van der Waals surface area (Å²) in [6.45, 7) is 1.63. The van der Waals surface area contributed by atoms with E-state index < -0.39 is 0 Å². The van der Waals surface area contributed by atoms with Gasteiger partial charge in [-0.05, 0) is 13.0 Å². The van der Waals surface area contributed by atoms with Crippen LogP contribution in [0, 0.1) is 0 Å². The van der Waals surface area contributed by atoms with E-state index in [0.717, 1.165) is 0 Å².